The van der Waals surface area contributed by atoms with Crippen molar-refractivity contribution in [2.45, 2.75) is 24.7 Å². The summed E-state index contributed by atoms with van der Waals surface area (Å²) in [6.07, 6.45) is -4.50. The molecule has 9 heteroatoms. The number of halogens is 3. The number of hydrogen-bond acceptors (Lipinski definition) is 4. The third-order valence-electron chi connectivity index (χ3n) is 7.15. The number of benzene rings is 4. The molecule has 1 aliphatic rings. The molecule has 4 aromatic carbocycles. The first-order valence-corrected chi connectivity index (χ1v) is 12.9. The van der Waals surface area contributed by atoms with Crippen LogP contribution in [-0.2, 0) is 17.5 Å². The molecule has 0 unspecified atom stereocenters. The lowest BCUT2D eigenvalue weighted by molar-refractivity contribution is -0.137. The normalized spacial score (nSPS) is 16.6. The average Bonchev–Trinajstić information content (AvgIpc) is 2.99. The van der Waals surface area contributed by atoms with E-state index in [0.717, 1.165) is 12.1 Å². The van der Waals surface area contributed by atoms with Crippen molar-refractivity contribution in [2.24, 2.45) is 0 Å². The van der Waals surface area contributed by atoms with Gasteiger partial charge in [-0.1, -0.05) is 42.5 Å². The van der Waals surface area contributed by atoms with Crippen molar-refractivity contribution in [3.63, 3.8) is 0 Å². The van der Waals surface area contributed by atoms with E-state index in [1.807, 2.05) is 0 Å². The zero-order valence-corrected chi connectivity index (χ0v) is 22.3. The number of carbonyl (C=O) groups excluding carboxylic acids is 2. The molecule has 0 radical (unpaired) electrons. The van der Waals surface area contributed by atoms with E-state index in [9.17, 15) is 22.8 Å². The first-order valence-electron chi connectivity index (χ1n) is 12.9. The minimum Gasteiger partial charge on any atom is -0.497 e. The molecule has 41 heavy (non-hydrogen) atoms. The highest BCUT2D eigenvalue weighted by Gasteiger charge is 2.45. The average molecular weight is 561 g/mol. The summed E-state index contributed by atoms with van der Waals surface area (Å²) in [5.41, 5.74) is 1.66. The van der Waals surface area contributed by atoms with Crippen LogP contribution in [0.3, 0.4) is 0 Å². The van der Waals surface area contributed by atoms with Crippen molar-refractivity contribution in [2.75, 3.05) is 19.1 Å². The molecular weight excluding hydrogens is 533 g/mol. The molecule has 1 heterocycles. The maximum atomic E-state index is 14.0. The van der Waals surface area contributed by atoms with Crippen molar-refractivity contribution >= 4 is 17.5 Å². The summed E-state index contributed by atoms with van der Waals surface area (Å²) in [6.45, 7) is -0.118. The van der Waals surface area contributed by atoms with Gasteiger partial charge in [-0.05, 0) is 71.3 Å². The number of hydrogen-bond donors (Lipinski definition) is 1. The number of anilines is 1. The highest BCUT2D eigenvalue weighted by atomic mass is 19.4. The molecule has 0 aliphatic carbocycles. The largest absolute Gasteiger partial charge is 0.497 e. The molecule has 2 atom stereocenters. The first kappa shape index (κ1) is 27.8. The van der Waals surface area contributed by atoms with Crippen LogP contribution in [0.2, 0.25) is 0 Å². The van der Waals surface area contributed by atoms with Crippen LogP contribution < -0.4 is 19.7 Å². The molecule has 4 aromatic rings. The molecule has 0 spiro atoms. The van der Waals surface area contributed by atoms with Crippen LogP contribution in [0.15, 0.2) is 97.1 Å². The number of alkyl halides is 3. The number of methoxy groups -OCH3 is 2. The quantitative estimate of drug-likeness (QED) is 0.279. The maximum Gasteiger partial charge on any atom is 0.416 e. The molecule has 0 saturated heterocycles. The van der Waals surface area contributed by atoms with Crippen LogP contribution >= 0.6 is 0 Å². The monoisotopic (exact) mass is 560 g/mol. The van der Waals surface area contributed by atoms with Crippen molar-refractivity contribution < 1.29 is 32.2 Å². The predicted molar refractivity (Wildman–Crippen MR) is 148 cm³/mol. The van der Waals surface area contributed by atoms with Crippen molar-refractivity contribution in [1.29, 1.82) is 0 Å². The second kappa shape index (κ2) is 11.4. The fraction of sp³-hybridized carbons (Fsp3) is 0.188. The predicted octanol–water partition coefficient (Wildman–Crippen LogP) is 6.52. The van der Waals surface area contributed by atoms with Gasteiger partial charge in [-0.3, -0.25) is 14.5 Å². The highest BCUT2D eigenvalue weighted by Crippen LogP contribution is 2.45. The summed E-state index contributed by atoms with van der Waals surface area (Å²) in [7, 11) is 3.09. The number of rotatable bonds is 7. The van der Waals surface area contributed by atoms with Gasteiger partial charge in [0.25, 0.3) is 5.91 Å². The number of nitrogens with one attached hydrogen (secondary N) is 1. The third-order valence-corrected chi connectivity index (χ3v) is 7.15. The Morgan fingerprint density at radius 2 is 1.49 bits per heavy atom. The second-order valence-electron chi connectivity index (χ2n) is 9.57. The van der Waals surface area contributed by atoms with Gasteiger partial charge in [0.15, 0.2) is 0 Å². The van der Waals surface area contributed by atoms with Crippen LogP contribution in [0.1, 0.15) is 44.6 Å². The van der Waals surface area contributed by atoms with Gasteiger partial charge >= 0.3 is 6.18 Å². The fourth-order valence-corrected chi connectivity index (χ4v) is 5.14. The number of carbonyl (C=O) groups is 2. The van der Waals surface area contributed by atoms with Gasteiger partial charge < -0.3 is 14.8 Å². The standard InChI is InChI=1S/C32H27F3N2O4/c1-40-24-14-10-21(11-15-24)29-28(30(38)36-19-20-6-5-7-22(18-20)32(33,34)35)26-8-3-4-9-27(26)31(39)37(29)23-12-16-25(41-2)17-13-23/h3-18,28-29H,19H2,1-2H3,(H,36,38)/t28-,29+/m0/s1. The molecule has 0 bridgehead atoms. The van der Waals surface area contributed by atoms with Crippen molar-refractivity contribution in [3.05, 3.63) is 125 Å². The smallest absolute Gasteiger partial charge is 0.416 e. The summed E-state index contributed by atoms with van der Waals surface area (Å²) in [4.78, 5) is 29.6. The van der Waals surface area contributed by atoms with Crippen LogP contribution in [0, 0.1) is 0 Å². The second-order valence-corrected chi connectivity index (χ2v) is 9.57. The van der Waals surface area contributed by atoms with Gasteiger partial charge in [-0.15, -0.1) is 0 Å². The van der Waals surface area contributed by atoms with E-state index in [1.54, 1.807) is 91.9 Å². The summed E-state index contributed by atoms with van der Waals surface area (Å²) in [5.74, 6) is -0.367. The van der Waals surface area contributed by atoms with Crippen LogP contribution in [0.4, 0.5) is 18.9 Å². The van der Waals surface area contributed by atoms with E-state index in [4.69, 9.17) is 9.47 Å². The molecule has 0 saturated carbocycles. The van der Waals surface area contributed by atoms with Gasteiger partial charge in [0.05, 0.1) is 31.7 Å². The Balaban J connectivity index is 1.58. The van der Waals surface area contributed by atoms with E-state index in [2.05, 4.69) is 5.32 Å². The molecule has 5 rings (SSSR count). The Labute approximate surface area is 235 Å². The van der Waals surface area contributed by atoms with Crippen molar-refractivity contribution in [3.8, 4) is 11.5 Å². The van der Waals surface area contributed by atoms with Crippen LogP contribution in [-0.4, -0.2) is 26.0 Å². The topological polar surface area (TPSA) is 67.9 Å². The molecular formula is C32H27F3N2O4. The minimum atomic E-state index is -4.50. The Kier molecular flexibility index (Phi) is 7.70. The number of fused-ring (bicyclic) bond motifs is 1. The Hall–Kier alpha value is -4.79. The molecule has 2 amide bonds. The Morgan fingerprint density at radius 3 is 2.12 bits per heavy atom. The van der Waals surface area contributed by atoms with E-state index < -0.39 is 29.6 Å². The van der Waals surface area contributed by atoms with Crippen molar-refractivity contribution in [1.82, 2.24) is 5.32 Å². The zero-order chi connectivity index (χ0) is 29.1. The van der Waals surface area contributed by atoms with E-state index in [0.29, 0.717) is 39.4 Å². The number of ether oxygens (including phenoxy) is 2. The Bertz CT molecular complexity index is 1550. The summed E-state index contributed by atoms with van der Waals surface area (Å²) in [5, 5.41) is 2.83. The van der Waals surface area contributed by atoms with Crippen LogP contribution in [0.5, 0.6) is 11.5 Å². The summed E-state index contributed by atoms with van der Waals surface area (Å²) < 4.78 is 50.4. The van der Waals surface area contributed by atoms with Gasteiger partial charge in [0.2, 0.25) is 5.91 Å². The highest BCUT2D eigenvalue weighted by molar-refractivity contribution is 6.11. The van der Waals surface area contributed by atoms with Gasteiger partial charge in [0, 0.05) is 17.8 Å². The lowest BCUT2D eigenvalue weighted by Gasteiger charge is -2.42. The first-order chi connectivity index (χ1) is 19.7. The molecule has 6 nitrogen and oxygen atoms in total. The van der Waals surface area contributed by atoms with E-state index in [-0.39, 0.29) is 12.5 Å². The van der Waals surface area contributed by atoms with Gasteiger partial charge in [0.1, 0.15) is 11.5 Å². The SMILES string of the molecule is COc1ccc([C@@H]2[C@@H](C(=O)NCc3cccc(C(F)(F)F)c3)c3ccccc3C(=O)N2c2ccc(OC)cc2)cc1. The van der Waals surface area contributed by atoms with Crippen LogP contribution in [0.25, 0.3) is 0 Å². The minimum absolute atomic E-state index is 0.118. The number of nitrogens with zero attached hydrogens (tertiary/aromatic N) is 1. The Morgan fingerprint density at radius 1 is 0.854 bits per heavy atom. The third kappa shape index (κ3) is 5.61. The lowest BCUT2D eigenvalue weighted by atomic mass is 9.78. The zero-order valence-electron chi connectivity index (χ0n) is 22.3. The molecule has 1 aliphatic heterocycles. The van der Waals surface area contributed by atoms with Gasteiger partial charge in [-0.2, -0.15) is 13.2 Å². The molecule has 1 N–H and O–H groups in total. The number of amides is 2. The molecule has 210 valence electrons. The molecule has 0 aromatic heterocycles. The van der Waals surface area contributed by atoms with Gasteiger partial charge in [-0.25, -0.2) is 0 Å². The molecule has 0 fully saturated rings. The van der Waals surface area contributed by atoms with E-state index >= 15 is 0 Å². The summed E-state index contributed by atoms with van der Waals surface area (Å²) in [6, 6.07) is 25.0. The maximum absolute atomic E-state index is 14.0. The lowest BCUT2D eigenvalue weighted by Crippen LogP contribution is -2.47. The van der Waals surface area contributed by atoms with E-state index in [1.165, 1.54) is 12.1 Å². The fourth-order valence-electron chi connectivity index (χ4n) is 5.14. The summed E-state index contributed by atoms with van der Waals surface area (Å²) >= 11 is 0.